The minimum absolute atomic E-state index is 0.0787. The summed E-state index contributed by atoms with van der Waals surface area (Å²) in [6.07, 6.45) is 1.58. The second kappa shape index (κ2) is 8.65. The number of rotatable bonds is 7. The van der Waals surface area contributed by atoms with Crippen molar-refractivity contribution in [3.05, 3.63) is 72.6 Å². The highest BCUT2D eigenvalue weighted by Gasteiger charge is 2.07. The summed E-state index contributed by atoms with van der Waals surface area (Å²) in [6, 6.07) is 20.4. The van der Waals surface area contributed by atoms with Gasteiger partial charge < -0.3 is 11.1 Å². The summed E-state index contributed by atoms with van der Waals surface area (Å²) < 4.78 is 0. The topological polar surface area (TPSA) is 63.8 Å². The number of nitrogens with zero attached hydrogens (tertiary/aromatic N) is 2. The van der Waals surface area contributed by atoms with E-state index in [0.717, 1.165) is 28.4 Å². The summed E-state index contributed by atoms with van der Waals surface area (Å²) in [5.41, 5.74) is 9.32. The monoisotopic (exact) mass is 350 g/mol. The summed E-state index contributed by atoms with van der Waals surface area (Å²) in [4.78, 5) is 9.95. The van der Waals surface area contributed by atoms with Crippen LogP contribution >= 0.6 is 11.8 Å². The molecular weight excluding hydrogens is 328 g/mol. The SMILES string of the molecule is CCSc1ccc(-c2cc(NC[C@H](N)c3ccccc3)ncn2)cc1. The highest BCUT2D eigenvalue weighted by atomic mass is 32.2. The lowest BCUT2D eigenvalue weighted by Crippen LogP contribution is -2.20. The van der Waals surface area contributed by atoms with Gasteiger partial charge in [-0.25, -0.2) is 9.97 Å². The molecule has 1 heterocycles. The van der Waals surface area contributed by atoms with Crippen molar-refractivity contribution in [2.75, 3.05) is 17.6 Å². The summed E-state index contributed by atoms with van der Waals surface area (Å²) in [7, 11) is 0. The van der Waals surface area contributed by atoms with Gasteiger partial charge in [-0.05, 0) is 23.4 Å². The van der Waals surface area contributed by atoms with Gasteiger partial charge in [-0.15, -0.1) is 11.8 Å². The van der Waals surface area contributed by atoms with Gasteiger partial charge >= 0.3 is 0 Å². The van der Waals surface area contributed by atoms with E-state index < -0.39 is 0 Å². The maximum absolute atomic E-state index is 6.23. The van der Waals surface area contributed by atoms with Gasteiger partial charge in [-0.2, -0.15) is 0 Å². The predicted molar refractivity (Wildman–Crippen MR) is 106 cm³/mol. The molecule has 0 bridgehead atoms. The first-order chi connectivity index (χ1) is 12.3. The van der Waals surface area contributed by atoms with E-state index >= 15 is 0 Å². The lowest BCUT2D eigenvalue weighted by molar-refractivity contribution is 0.761. The van der Waals surface area contributed by atoms with Crippen LogP contribution in [0.5, 0.6) is 0 Å². The number of anilines is 1. The molecule has 0 fully saturated rings. The molecule has 0 aliphatic carbocycles. The van der Waals surface area contributed by atoms with Crippen LogP contribution in [0.4, 0.5) is 5.82 Å². The van der Waals surface area contributed by atoms with E-state index in [-0.39, 0.29) is 6.04 Å². The Kier molecular flexibility index (Phi) is 6.04. The summed E-state index contributed by atoms with van der Waals surface area (Å²) in [5.74, 6) is 1.85. The van der Waals surface area contributed by atoms with Crippen molar-refractivity contribution in [2.24, 2.45) is 5.73 Å². The maximum Gasteiger partial charge on any atom is 0.130 e. The number of benzene rings is 2. The fourth-order valence-electron chi connectivity index (χ4n) is 2.53. The average Bonchev–Trinajstić information content (AvgIpc) is 2.68. The molecule has 25 heavy (non-hydrogen) atoms. The number of nitrogens with two attached hydrogens (primary N) is 1. The molecule has 2 aromatic carbocycles. The van der Waals surface area contributed by atoms with Gasteiger partial charge in [0.15, 0.2) is 0 Å². The first-order valence-electron chi connectivity index (χ1n) is 8.36. The molecule has 0 unspecified atom stereocenters. The van der Waals surface area contributed by atoms with Gasteiger partial charge in [0.05, 0.1) is 5.69 Å². The Morgan fingerprint density at radius 3 is 2.52 bits per heavy atom. The number of thioether (sulfide) groups is 1. The second-order valence-corrected chi connectivity index (χ2v) is 6.98. The van der Waals surface area contributed by atoms with Crippen LogP contribution in [0, 0.1) is 0 Å². The molecule has 3 aromatic rings. The van der Waals surface area contributed by atoms with Gasteiger partial charge in [-0.3, -0.25) is 0 Å². The number of nitrogens with one attached hydrogen (secondary N) is 1. The Morgan fingerprint density at radius 2 is 1.80 bits per heavy atom. The Morgan fingerprint density at radius 1 is 1.04 bits per heavy atom. The molecule has 128 valence electrons. The average molecular weight is 350 g/mol. The van der Waals surface area contributed by atoms with Crippen LogP contribution in [0.2, 0.25) is 0 Å². The fraction of sp³-hybridized carbons (Fsp3) is 0.200. The van der Waals surface area contributed by atoms with Gasteiger partial charge in [0, 0.05) is 29.1 Å². The maximum atomic E-state index is 6.23. The van der Waals surface area contributed by atoms with Crippen LogP contribution in [0.15, 0.2) is 71.9 Å². The molecule has 0 amide bonds. The molecule has 0 saturated carbocycles. The lowest BCUT2D eigenvalue weighted by atomic mass is 10.1. The van der Waals surface area contributed by atoms with Gasteiger partial charge in [0.2, 0.25) is 0 Å². The van der Waals surface area contributed by atoms with Gasteiger partial charge in [-0.1, -0.05) is 49.4 Å². The van der Waals surface area contributed by atoms with E-state index in [2.05, 4.69) is 46.5 Å². The van der Waals surface area contributed by atoms with Crippen LogP contribution in [-0.4, -0.2) is 22.3 Å². The first-order valence-corrected chi connectivity index (χ1v) is 9.34. The van der Waals surface area contributed by atoms with Crippen molar-refractivity contribution in [1.82, 2.24) is 9.97 Å². The Labute approximate surface area is 152 Å². The van der Waals surface area contributed by atoms with Crippen molar-refractivity contribution in [3.8, 4) is 11.3 Å². The molecule has 0 aliphatic rings. The third-order valence-corrected chi connectivity index (χ3v) is 4.75. The van der Waals surface area contributed by atoms with E-state index in [0.29, 0.717) is 6.54 Å². The molecule has 0 saturated heterocycles. The summed E-state index contributed by atoms with van der Waals surface area (Å²) in [5, 5.41) is 3.30. The van der Waals surface area contributed by atoms with E-state index in [1.807, 2.05) is 48.2 Å². The van der Waals surface area contributed by atoms with E-state index in [1.165, 1.54) is 4.90 Å². The Bertz CT molecular complexity index is 790. The zero-order valence-electron chi connectivity index (χ0n) is 14.2. The number of aromatic nitrogens is 2. The summed E-state index contributed by atoms with van der Waals surface area (Å²) >= 11 is 1.83. The van der Waals surface area contributed by atoms with Crippen LogP contribution in [-0.2, 0) is 0 Å². The molecular formula is C20H22N4S. The normalized spacial score (nSPS) is 11.9. The number of hydrogen-bond donors (Lipinski definition) is 2. The molecule has 0 radical (unpaired) electrons. The molecule has 0 spiro atoms. The van der Waals surface area contributed by atoms with E-state index in [1.54, 1.807) is 6.33 Å². The first kappa shape index (κ1) is 17.5. The number of hydrogen-bond acceptors (Lipinski definition) is 5. The van der Waals surface area contributed by atoms with Gasteiger partial charge in [0.25, 0.3) is 0 Å². The second-order valence-electron chi connectivity index (χ2n) is 5.64. The minimum Gasteiger partial charge on any atom is -0.368 e. The zero-order valence-corrected chi connectivity index (χ0v) is 15.0. The van der Waals surface area contributed by atoms with Crippen molar-refractivity contribution >= 4 is 17.6 Å². The Hall–Kier alpha value is -2.37. The van der Waals surface area contributed by atoms with Crippen LogP contribution < -0.4 is 11.1 Å². The van der Waals surface area contributed by atoms with Crippen molar-refractivity contribution in [1.29, 1.82) is 0 Å². The third kappa shape index (κ3) is 4.81. The molecule has 0 aliphatic heterocycles. The quantitative estimate of drug-likeness (QED) is 0.620. The molecule has 1 aromatic heterocycles. The summed E-state index contributed by atoms with van der Waals surface area (Å²) in [6.45, 7) is 2.77. The van der Waals surface area contributed by atoms with E-state index in [4.69, 9.17) is 5.73 Å². The third-order valence-electron chi connectivity index (χ3n) is 3.86. The molecule has 4 nitrogen and oxygen atoms in total. The van der Waals surface area contributed by atoms with Crippen LogP contribution in [0.25, 0.3) is 11.3 Å². The fourth-order valence-corrected chi connectivity index (χ4v) is 3.19. The predicted octanol–water partition coefficient (Wildman–Crippen LogP) is 4.37. The Balaban J connectivity index is 1.67. The van der Waals surface area contributed by atoms with E-state index in [9.17, 15) is 0 Å². The van der Waals surface area contributed by atoms with Gasteiger partial charge in [0.1, 0.15) is 12.1 Å². The standard InChI is InChI=1S/C20H22N4S/c1-2-25-17-10-8-16(9-11-17)19-12-20(24-14-23-19)22-13-18(21)15-6-4-3-5-7-15/h3-12,14,18H,2,13,21H2,1H3,(H,22,23,24)/t18-/m0/s1. The molecule has 1 atom stereocenters. The van der Waals surface area contributed by atoms with Crippen LogP contribution in [0.1, 0.15) is 18.5 Å². The van der Waals surface area contributed by atoms with Crippen molar-refractivity contribution < 1.29 is 0 Å². The largest absolute Gasteiger partial charge is 0.368 e. The van der Waals surface area contributed by atoms with Crippen LogP contribution in [0.3, 0.4) is 0 Å². The van der Waals surface area contributed by atoms with Crippen molar-refractivity contribution in [2.45, 2.75) is 17.9 Å². The molecule has 3 rings (SSSR count). The van der Waals surface area contributed by atoms with Crippen molar-refractivity contribution in [3.63, 3.8) is 0 Å². The minimum atomic E-state index is -0.0787. The lowest BCUT2D eigenvalue weighted by Gasteiger charge is -2.14. The molecule has 5 heteroatoms. The highest BCUT2D eigenvalue weighted by Crippen LogP contribution is 2.24. The highest BCUT2D eigenvalue weighted by molar-refractivity contribution is 7.99. The smallest absolute Gasteiger partial charge is 0.130 e. The zero-order chi connectivity index (χ0) is 17.5. The molecule has 3 N–H and O–H groups in total.